The minimum Gasteiger partial charge on any atom is -0.378 e. The molecule has 0 amide bonds. The molecule has 0 bridgehead atoms. The highest BCUT2D eigenvalue weighted by Gasteiger charge is 2.28. The third kappa shape index (κ3) is 4.91. The van der Waals surface area contributed by atoms with Gasteiger partial charge in [0, 0.05) is 25.1 Å². The second kappa shape index (κ2) is 7.53. The predicted molar refractivity (Wildman–Crippen MR) is 85.4 cm³/mol. The number of rotatable bonds is 4. The summed E-state index contributed by atoms with van der Waals surface area (Å²) in [5.41, 5.74) is 5.85. The molecule has 0 spiro atoms. The molecule has 2 rings (SSSR count). The molecule has 106 valence electrons. The maximum atomic E-state index is 5.85. The molecule has 18 heavy (non-hydrogen) atoms. The van der Waals surface area contributed by atoms with Crippen LogP contribution in [0.4, 0.5) is 0 Å². The zero-order chi connectivity index (χ0) is 12.3. The number of halogens is 1. The lowest BCUT2D eigenvalue weighted by Crippen LogP contribution is -2.38. The summed E-state index contributed by atoms with van der Waals surface area (Å²) in [6.45, 7) is 6.14. The Morgan fingerprint density at radius 3 is 2.72 bits per heavy atom. The lowest BCUT2D eigenvalue weighted by Gasteiger charge is -2.33. The first kappa shape index (κ1) is 16.0. The van der Waals surface area contributed by atoms with Gasteiger partial charge in [-0.25, -0.2) is 0 Å². The predicted octanol–water partition coefficient (Wildman–Crippen LogP) is 2.12. The van der Waals surface area contributed by atoms with E-state index in [1.165, 1.54) is 19.3 Å². The van der Waals surface area contributed by atoms with Gasteiger partial charge in [-0.1, -0.05) is 13.8 Å². The second-order valence-corrected chi connectivity index (χ2v) is 5.63. The van der Waals surface area contributed by atoms with Crippen molar-refractivity contribution in [1.82, 2.24) is 5.32 Å². The summed E-state index contributed by atoms with van der Waals surface area (Å²) < 4.78 is 5.85. The van der Waals surface area contributed by atoms with Crippen molar-refractivity contribution in [2.75, 3.05) is 13.2 Å². The van der Waals surface area contributed by atoms with Crippen molar-refractivity contribution in [3.8, 4) is 0 Å². The zero-order valence-corrected chi connectivity index (χ0v) is 13.7. The van der Waals surface area contributed by atoms with Gasteiger partial charge in [0.2, 0.25) is 0 Å². The van der Waals surface area contributed by atoms with Crippen LogP contribution in [-0.4, -0.2) is 31.3 Å². The lowest BCUT2D eigenvalue weighted by atomic mass is 9.87. The Labute approximate surface area is 127 Å². The largest absolute Gasteiger partial charge is 0.378 e. The van der Waals surface area contributed by atoms with Crippen LogP contribution in [0.25, 0.3) is 0 Å². The zero-order valence-electron chi connectivity index (χ0n) is 11.4. The Balaban J connectivity index is 0.00000162. The molecule has 1 heterocycles. The Bertz CT molecular complexity index is 279. The summed E-state index contributed by atoms with van der Waals surface area (Å²) in [6.07, 6.45) is 5.18. The summed E-state index contributed by atoms with van der Waals surface area (Å²) in [6, 6.07) is 0.585. The van der Waals surface area contributed by atoms with Crippen molar-refractivity contribution in [2.45, 2.75) is 51.7 Å². The van der Waals surface area contributed by atoms with Gasteiger partial charge in [-0.3, -0.25) is 4.99 Å². The van der Waals surface area contributed by atoms with E-state index in [2.05, 4.69) is 24.2 Å². The van der Waals surface area contributed by atoms with Crippen molar-refractivity contribution < 1.29 is 4.74 Å². The molecule has 2 aliphatic rings. The molecular formula is C13H26IN3O. The Hall–Kier alpha value is -0.0400. The van der Waals surface area contributed by atoms with E-state index in [1.54, 1.807) is 0 Å². The first-order valence-electron chi connectivity index (χ1n) is 6.85. The number of nitrogens with zero attached hydrogens (tertiary/aromatic N) is 1. The summed E-state index contributed by atoms with van der Waals surface area (Å²) in [4.78, 5) is 4.46. The highest BCUT2D eigenvalue weighted by Crippen LogP contribution is 2.26. The molecule has 1 aliphatic carbocycles. The third-order valence-corrected chi connectivity index (χ3v) is 3.58. The lowest BCUT2D eigenvalue weighted by molar-refractivity contribution is -0.0491. The van der Waals surface area contributed by atoms with Gasteiger partial charge in [-0.05, 0) is 31.6 Å². The molecule has 0 aromatic carbocycles. The summed E-state index contributed by atoms with van der Waals surface area (Å²) in [5.74, 6) is 1.71. The van der Waals surface area contributed by atoms with Crippen LogP contribution >= 0.6 is 24.0 Å². The molecule has 2 unspecified atom stereocenters. The summed E-state index contributed by atoms with van der Waals surface area (Å²) in [7, 11) is 0. The van der Waals surface area contributed by atoms with Crippen LogP contribution in [0.5, 0.6) is 0 Å². The van der Waals surface area contributed by atoms with Gasteiger partial charge >= 0.3 is 0 Å². The quantitative estimate of drug-likeness (QED) is 0.455. The molecule has 2 atom stereocenters. The van der Waals surface area contributed by atoms with Crippen LogP contribution in [0.15, 0.2) is 4.99 Å². The van der Waals surface area contributed by atoms with Gasteiger partial charge in [-0.15, -0.1) is 24.0 Å². The monoisotopic (exact) mass is 367 g/mol. The number of ether oxygens (including phenoxy) is 1. The highest BCUT2D eigenvalue weighted by molar-refractivity contribution is 14.0. The third-order valence-electron chi connectivity index (χ3n) is 3.58. The minimum atomic E-state index is 0. The van der Waals surface area contributed by atoms with E-state index in [0.717, 1.165) is 19.6 Å². The number of nitrogens with one attached hydrogen (secondary N) is 1. The van der Waals surface area contributed by atoms with E-state index in [1.807, 2.05) is 0 Å². The van der Waals surface area contributed by atoms with Gasteiger partial charge in [0.25, 0.3) is 0 Å². The number of hydrogen-bond donors (Lipinski definition) is 2. The molecule has 3 N–H and O–H groups in total. The van der Waals surface area contributed by atoms with Crippen LogP contribution in [0.1, 0.15) is 39.5 Å². The molecule has 5 heteroatoms. The van der Waals surface area contributed by atoms with Crippen molar-refractivity contribution >= 4 is 29.9 Å². The average Bonchev–Trinajstić information content (AvgIpc) is 3.10. The molecule has 1 saturated heterocycles. The molecular weight excluding hydrogens is 341 g/mol. The van der Waals surface area contributed by atoms with E-state index in [9.17, 15) is 0 Å². The van der Waals surface area contributed by atoms with Crippen molar-refractivity contribution in [1.29, 1.82) is 0 Å². The van der Waals surface area contributed by atoms with Crippen molar-refractivity contribution in [3.05, 3.63) is 0 Å². The van der Waals surface area contributed by atoms with E-state index in [-0.39, 0.29) is 24.0 Å². The van der Waals surface area contributed by atoms with Crippen LogP contribution in [0.2, 0.25) is 0 Å². The Kier molecular flexibility index (Phi) is 6.70. The highest BCUT2D eigenvalue weighted by atomic mass is 127. The molecule has 1 saturated carbocycles. The van der Waals surface area contributed by atoms with Crippen molar-refractivity contribution in [3.63, 3.8) is 0 Å². The Morgan fingerprint density at radius 2 is 2.11 bits per heavy atom. The average molecular weight is 367 g/mol. The minimum absolute atomic E-state index is 0. The van der Waals surface area contributed by atoms with Gasteiger partial charge in [0.15, 0.2) is 5.96 Å². The first-order chi connectivity index (χ1) is 8.16. The molecule has 0 aromatic heterocycles. The van der Waals surface area contributed by atoms with Gasteiger partial charge in [-0.2, -0.15) is 0 Å². The number of guanidine groups is 1. The molecule has 0 aromatic rings. The van der Waals surface area contributed by atoms with Gasteiger partial charge in [0.05, 0.1) is 6.10 Å². The number of nitrogens with two attached hydrogens (primary N) is 1. The van der Waals surface area contributed by atoms with E-state index in [0.29, 0.717) is 29.9 Å². The van der Waals surface area contributed by atoms with Crippen LogP contribution in [0.3, 0.4) is 0 Å². The number of hydrogen-bond acceptors (Lipinski definition) is 2. The smallest absolute Gasteiger partial charge is 0.188 e. The summed E-state index contributed by atoms with van der Waals surface area (Å²) in [5, 5.41) is 3.22. The molecule has 1 aliphatic heterocycles. The maximum absolute atomic E-state index is 5.85. The van der Waals surface area contributed by atoms with Gasteiger partial charge < -0.3 is 15.8 Å². The van der Waals surface area contributed by atoms with Crippen LogP contribution in [0, 0.1) is 11.8 Å². The Morgan fingerprint density at radius 1 is 1.39 bits per heavy atom. The molecule has 0 radical (unpaired) electrons. The van der Waals surface area contributed by atoms with E-state index < -0.39 is 0 Å². The first-order valence-corrected chi connectivity index (χ1v) is 6.85. The van der Waals surface area contributed by atoms with Crippen LogP contribution in [-0.2, 0) is 4.74 Å². The van der Waals surface area contributed by atoms with E-state index >= 15 is 0 Å². The van der Waals surface area contributed by atoms with Crippen molar-refractivity contribution in [2.24, 2.45) is 22.6 Å². The second-order valence-electron chi connectivity index (χ2n) is 5.63. The standard InChI is InChI=1S/C13H25N3O.HI/c1-9(2)12-10(4-3-7-17-12)8-15-13(14)16-11-5-6-11;/h9-12H,3-8H2,1-2H3,(H3,14,15,16);1H. The van der Waals surface area contributed by atoms with E-state index in [4.69, 9.17) is 10.5 Å². The fourth-order valence-corrected chi connectivity index (χ4v) is 2.50. The summed E-state index contributed by atoms with van der Waals surface area (Å²) >= 11 is 0. The van der Waals surface area contributed by atoms with Gasteiger partial charge in [0.1, 0.15) is 0 Å². The SMILES string of the molecule is CC(C)C1OCCCC1CN=C(N)NC1CC1.I. The molecule has 2 fully saturated rings. The normalized spacial score (nSPS) is 28.9. The fraction of sp³-hybridized carbons (Fsp3) is 0.923. The fourth-order valence-electron chi connectivity index (χ4n) is 2.50. The van der Waals surface area contributed by atoms with Crippen LogP contribution < -0.4 is 11.1 Å². The topological polar surface area (TPSA) is 59.6 Å². The molecule has 4 nitrogen and oxygen atoms in total. The number of aliphatic imine (C=N–C) groups is 1. The maximum Gasteiger partial charge on any atom is 0.188 e.